The Bertz CT molecular complexity index is 655. The first-order chi connectivity index (χ1) is 10.5. The predicted octanol–water partition coefficient (Wildman–Crippen LogP) is 4.02. The van der Waals surface area contributed by atoms with Crippen molar-refractivity contribution in [3.8, 4) is 0 Å². The molecule has 114 valence electrons. The van der Waals surface area contributed by atoms with E-state index < -0.39 is 5.41 Å². The Morgan fingerprint density at radius 1 is 0.909 bits per heavy atom. The van der Waals surface area contributed by atoms with E-state index in [2.05, 4.69) is 0 Å². The lowest BCUT2D eigenvalue weighted by Crippen LogP contribution is -2.29. The maximum absolute atomic E-state index is 12.7. The molecular formula is C19H20O3. The summed E-state index contributed by atoms with van der Waals surface area (Å²) in [5.41, 5.74) is 1.39. The van der Waals surface area contributed by atoms with E-state index in [4.69, 9.17) is 4.74 Å². The van der Waals surface area contributed by atoms with Crippen LogP contribution in [0.2, 0.25) is 0 Å². The predicted molar refractivity (Wildman–Crippen MR) is 86.2 cm³/mol. The Morgan fingerprint density at radius 3 is 2.05 bits per heavy atom. The lowest BCUT2D eigenvalue weighted by atomic mass is 9.78. The van der Waals surface area contributed by atoms with Crippen LogP contribution in [-0.2, 0) is 10.2 Å². The average molecular weight is 296 g/mol. The van der Waals surface area contributed by atoms with Crippen molar-refractivity contribution in [2.24, 2.45) is 0 Å². The summed E-state index contributed by atoms with van der Waals surface area (Å²) in [4.78, 5) is 24.4. The lowest BCUT2D eigenvalue weighted by Gasteiger charge is -2.24. The summed E-state index contributed by atoms with van der Waals surface area (Å²) in [5, 5.41) is 0. The molecule has 0 aromatic heterocycles. The summed E-state index contributed by atoms with van der Waals surface area (Å²) in [7, 11) is 0. The number of rotatable bonds is 5. The molecule has 0 N–H and O–H groups in total. The summed E-state index contributed by atoms with van der Waals surface area (Å²) in [5.74, 6) is -0.293. The maximum Gasteiger partial charge on any atom is 0.338 e. The fraction of sp³-hybridized carbons (Fsp3) is 0.263. The van der Waals surface area contributed by atoms with Gasteiger partial charge in [0.1, 0.15) is 0 Å². The largest absolute Gasteiger partial charge is 0.462 e. The van der Waals surface area contributed by atoms with Crippen LogP contribution in [0.5, 0.6) is 0 Å². The van der Waals surface area contributed by atoms with Gasteiger partial charge in [-0.3, -0.25) is 4.79 Å². The van der Waals surface area contributed by atoms with E-state index in [1.807, 2.05) is 56.3 Å². The monoisotopic (exact) mass is 296 g/mol. The molecule has 0 atom stereocenters. The maximum atomic E-state index is 12.7. The number of benzene rings is 2. The molecule has 0 aliphatic rings. The number of esters is 1. The van der Waals surface area contributed by atoms with Gasteiger partial charge in [0.05, 0.1) is 17.6 Å². The highest BCUT2D eigenvalue weighted by Gasteiger charge is 2.30. The van der Waals surface area contributed by atoms with Gasteiger partial charge in [0.25, 0.3) is 0 Å². The van der Waals surface area contributed by atoms with Crippen molar-refractivity contribution in [3.63, 3.8) is 0 Å². The zero-order chi connectivity index (χ0) is 16.2. The van der Waals surface area contributed by atoms with Crippen molar-refractivity contribution in [2.45, 2.75) is 26.2 Å². The average Bonchev–Trinajstić information content (AvgIpc) is 2.55. The van der Waals surface area contributed by atoms with E-state index in [1.165, 1.54) is 0 Å². The zero-order valence-corrected chi connectivity index (χ0v) is 13.1. The van der Waals surface area contributed by atoms with Crippen LogP contribution in [0.4, 0.5) is 0 Å². The second-order valence-electron chi connectivity index (χ2n) is 5.62. The smallest absolute Gasteiger partial charge is 0.338 e. The molecule has 3 nitrogen and oxygen atoms in total. The third kappa shape index (κ3) is 3.25. The Morgan fingerprint density at radius 2 is 1.50 bits per heavy atom. The fourth-order valence-corrected chi connectivity index (χ4v) is 2.32. The molecule has 0 radical (unpaired) electrons. The SMILES string of the molecule is CCOC(=O)c1ccc(C(C)(C)C(=O)c2ccccc2)cc1. The van der Waals surface area contributed by atoms with E-state index in [-0.39, 0.29) is 11.8 Å². The molecule has 0 unspecified atom stereocenters. The minimum Gasteiger partial charge on any atom is -0.462 e. The van der Waals surface area contributed by atoms with Crippen molar-refractivity contribution in [3.05, 3.63) is 71.3 Å². The molecule has 0 saturated carbocycles. The van der Waals surface area contributed by atoms with Crippen LogP contribution in [0, 0.1) is 0 Å². The molecule has 2 aromatic rings. The molecule has 3 heteroatoms. The standard InChI is InChI=1S/C19H20O3/c1-4-22-18(21)15-10-12-16(13-11-15)19(2,3)17(20)14-8-6-5-7-9-14/h5-13H,4H2,1-3H3. The second-order valence-corrected chi connectivity index (χ2v) is 5.62. The van der Waals surface area contributed by atoms with Crippen LogP contribution in [0.1, 0.15) is 47.1 Å². The van der Waals surface area contributed by atoms with Gasteiger partial charge in [-0.25, -0.2) is 4.79 Å². The third-order valence-electron chi connectivity index (χ3n) is 3.72. The number of carbonyl (C=O) groups is 2. The molecule has 0 amide bonds. The topological polar surface area (TPSA) is 43.4 Å². The number of hydrogen-bond donors (Lipinski definition) is 0. The normalized spacial score (nSPS) is 11.0. The molecule has 22 heavy (non-hydrogen) atoms. The molecule has 0 saturated heterocycles. The first-order valence-electron chi connectivity index (χ1n) is 7.34. The van der Waals surface area contributed by atoms with Gasteiger partial charge in [-0.15, -0.1) is 0 Å². The lowest BCUT2D eigenvalue weighted by molar-refractivity contribution is 0.0526. The Balaban J connectivity index is 2.26. The highest BCUT2D eigenvalue weighted by molar-refractivity contribution is 6.03. The molecule has 0 heterocycles. The van der Waals surface area contributed by atoms with Crippen LogP contribution in [0.3, 0.4) is 0 Å². The molecule has 0 aliphatic heterocycles. The summed E-state index contributed by atoms with van der Waals surface area (Å²) in [6.07, 6.45) is 0. The Hall–Kier alpha value is -2.42. The number of hydrogen-bond acceptors (Lipinski definition) is 3. The minimum absolute atomic E-state index is 0.0528. The van der Waals surface area contributed by atoms with Crippen LogP contribution < -0.4 is 0 Å². The van der Waals surface area contributed by atoms with E-state index >= 15 is 0 Å². The highest BCUT2D eigenvalue weighted by Crippen LogP contribution is 2.28. The van der Waals surface area contributed by atoms with Crippen LogP contribution in [0.25, 0.3) is 0 Å². The van der Waals surface area contributed by atoms with Crippen molar-refractivity contribution < 1.29 is 14.3 Å². The van der Waals surface area contributed by atoms with E-state index in [0.717, 1.165) is 5.56 Å². The fourth-order valence-electron chi connectivity index (χ4n) is 2.32. The molecule has 0 spiro atoms. The quantitative estimate of drug-likeness (QED) is 0.618. The van der Waals surface area contributed by atoms with Gasteiger partial charge in [0, 0.05) is 5.56 Å². The Labute approximate surface area is 130 Å². The van der Waals surface area contributed by atoms with Gasteiger partial charge in [-0.1, -0.05) is 42.5 Å². The molecule has 0 bridgehead atoms. The summed E-state index contributed by atoms with van der Waals surface area (Å²) >= 11 is 0. The van der Waals surface area contributed by atoms with Crippen molar-refractivity contribution in [2.75, 3.05) is 6.61 Å². The minimum atomic E-state index is -0.658. The Kier molecular flexibility index (Phi) is 4.76. The molecule has 2 aromatic carbocycles. The molecule has 0 fully saturated rings. The number of ether oxygens (including phenoxy) is 1. The summed E-state index contributed by atoms with van der Waals surface area (Å²) < 4.78 is 4.96. The molecular weight excluding hydrogens is 276 g/mol. The van der Waals surface area contributed by atoms with Crippen LogP contribution >= 0.6 is 0 Å². The number of Topliss-reactive ketones (excluding diaryl/α,β-unsaturated/α-hetero) is 1. The molecule has 2 rings (SSSR count). The van der Waals surface area contributed by atoms with Crippen molar-refractivity contribution >= 4 is 11.8 Å². The number of carbonyl (C=O) groups excluding carboxylic acids is 2. The van der Waals surface area contributed by atoms with Gasteiger partial charge >= 0.3 is 5.97 Å². The van der Waals surface area contributed by atoms with Gasteiger partial charge in [-0.05, 0) is 38.5 Å². The highest BCUT2D eigenvalue weighted by atomic mass is 16.5. The van der Waals surface area contributed by atoms with Crippen LogP contribution in [-0.4, -0.2) is 18.4 Å². The van der Waals surface area contributed by atoms with E-state index in [9.17, 15) is 9.59 Å². The van der Waals surface area contributed by atoms with Crippen molar-refractivity contribution in [1.29, 1.82) is 0 Å². The van der Waals surface area contributed by atoms with Crippen LogP contribution in [0.15, 0.2) is 54.6 Å². The van der Waals surface area contributed by atoms with Gasteiger partial charge < -0.3 is 4.74 Å². The van der Waals surface area contributed by atoms with Crippen molar-refractivity contribution in [1.82, 2.24) is 0 Å². The zero-order valence-electron chi connectivity index (χ0n) is 13.1. The van der Waals surface area contributed by atoms with Gasteiger partial charge in [0.2, 0.25) is 0 Å². The van der Waals surface area contributed by atoms with E-state index in [0.29, 0.717) is 17.7 Å². The first kappa shape index (κ1) is 16.0. The first-order valence-corrected chi connectivity index (χ1v) is 7.34. The third-order valence-corrected chi connectivity index (χ3v) is 3.72. The summed E-state index contributed by atoms with van der Waals surface area (Å²) in [6.45, 7) is 5.90. The van der Waals surface area contributed by atoms with E-state index in [1.54, 1.807) is 19.1 Å². The second kappa shape index (κ2) is 6.56. The summed E-state index contributed by atoms with van der Waals surface area (Å²) in [6, 6.07) is 16.3. The number of ketones is 1. The molecule has 0 aliphatic carbocycles. The van der Waals surface area contributed by atoms with Gasteiger partial charge in [-0.2, -0.15) is 0 Å². The van der Waals surface area contributed by atoms with Gasteiger partial charge in [0.15, 0.2) is 5.78 Å².